The molecular weight excluding hydrogens is 170 g/mol. The minimum atomic E-state index is -0.356. The average molecular weight is 180 g/mol. The van der Waals surface area contributed by atoms with Crippen LogP contribution < -0.4 is 0 Å². The Kier molecular flexibility index (Phi) is 4.60. The minimum Gasteiger partial charge on any atom is -0.386 e. The summed E-state index contributed by atoms with van der Waals surface area (Å²) >= 11 is 1.49. The molecule has 1 rings (SSSR count). The molecule has 0 bridgehead atoms. The zero-order valence-corrected chi connectivity index (χ0v) is 7.28. The fourth-order valence-electron chi connectivity index (χ4n) is 0.574. The average Bonchev–Trinajstić information content (AvgIpc) is 2.37. The van der Waals surface area contributed by atoms with Crippen LogP contribution in [0.5, 0.6) is 0 Å². The van der Waals surface area contributed by atoms with Gasteiger partial charge >= 0.3 is 0 Å². The van der Waals surface area contributed by atoms with Crippen molar-refractivity contribution in [3.05, 3.63) is 16.6 Å². The summed E-state index contributed by atoms with van der Waals surface area (Å²) in [7, 11) is 0. The molecule has 1 atom stereocenters. The Morgan fingerprint density at radius 1 is 1.80 bits per heavy atom. The number of hydrogen-bond donors (Lipinski definition) is 1. The van der Waals surface area contributed by atoms with Crippen molar-refractivity contribution in [2.24, 2.45) is 0 Å². The quantitative estimate of drug-likeness (QED) is 0.754. The molecule has 58 valence electrons. The summed E-state index contributed by atoms with van der Waals surface area (Å²) in [6, 6.07) is 0. The summed E-state index contributed by atoms with van der Waals surface area (Å²) in [6.45, 7) is 1.94. The van der Waals surface area contributed by atoms with Gasteiger partial charge in [0.05, 0.1) is 0 Å². The number of thiazole rings is 1. The Hall–Kier alpha value is -0.120. The molecule has 10 heavy (non-hydrogen) atoms. The van der Waals surface area contributed by atoms with Gasteiger partial charge in [-0.2, -0.15) is 0 Å². The number of nitrogens with zero attached hydrogens (tertiary/aromatic N) is 1. The predicted octanol–water partition coefficient (Wildman–Crippen LogP) is 2.01. The zero-order chi connectivity index (χ0) is 6.69. The van der Waals surface area contributed by atoms with Gasteiger partial charge in [-0.3, -0.25) is 0 Å². The van der Waals surface area contributed by atoms with Gasteiger partial charge in [0.2, 0.25) is 0 Å². The van der Waals surface area contributed by atoms with Crippen LogP contribution in [-0.4, -0.2) is 10.1 Å². The van der Waals surface area contributed by atoms with Gasteiger partial charge in [0.25, 0.3) is 0 Å². The first-order chi connectivity index (χ1) is 4.34. The van der Waals surface area contributed by atoms with Crippen molar-refractivity contribution in [2.45, 2.75) is 19.4 Å². The van der Waals surface area contributed by atoms with Gasteiger partial charge in [0, 0.05) is 11.6 Å². The molecule has 4 heteroatoms. The molecule has 0 radical (unpaired) electrons. The molecule has 0 aliphatic rings. The SMILES string of the molecule is CC[C@H](O)c1nccs1.Cl. The van der Waals surface area contributed by atoms with E-state index < -0.39 is 0 Å². The van der Waals surface area contributed by atoms with Crippen molar-refractivity contribution in [3.8, 4) is 0 Å². The third-order valence-corrected chi connectivity index (χ3v) is 2.00. The molecule has 0 aromatic carbocycles. The molecule has 1 aromatic rings. The van der Waals surface area contributed by atoms with Crippen molar-refractivity contribution >= 4 is 23.7 Å². The lowest BCUT2D eigenvalue weighted by molar-refractivity contribution is 0.173. The lowest BCUT2D eigenvalue weighted by Gasteiger charge is -1.99. The maximum absolute atomic E-state index is 9.17. The van der Waals surface area contributed by atoms with Crippen LogP contribution >= 0.6 is 23.7 Å². The Labute approximate surface area is 70.3 Å². The van der Waals surface area contributed by atoms with E-state index in [1.165, 1.54) is 11.3 Å². The molecule has 0 saturated heterocycles. The molecule has 2 nitrogen and oxygen atoms in total. The van der Waals surface area contributed by atoms with Crippen LogP contribution in [0.4, 0.5) is 0 Å². The van der Waals surface area contributed by atoms with E-state index in [0.717, 1.165) is 11.4 Å². The van der Waals surface area contributed by atoms with Crippen LogP contribution in [0.25, 0.3) is 0 Å². The van der Waals surface area contributed by atoms with Crippen LogP contribution in [0.2, 0.25) is 0 Å². The molecule has 0 aliphatic carbocycles. The van der Waals surface area contributed by atoms with E-state index in [1.54, 1.807) is 6.20 Å². The Balaban J connectivity index is 0.000000810. The number of rotatable bonds is 2. The number of halogens is 1. The predicted molar refractivity (Wildman–Crippen MR) is 44.6 cm³/mol. The fraction of sp³-hybridized carbons (Fsp3) is 0.500. The molecule has 0 amide bonds. The Morgan fingerprint density at radius 2 is 2.50 bits per heavy atom. The van der Waals surface area contributed by atoms with Crippen molar-refractivity contribution in [1.29, 1.82) is 0 Å². The highest BCUT2D eigenvalue weighted by atomic mass is 35.5. The van der Waals surface area contributed by atoms with Gasteiger partial charge in [-0.05, 0) is 6.42 Å². The molecule has 1 aromatic heterocycles. The third kappa shape index (κ3) is 2.25. The van der Waals surface area contributed by atoms with Gasteiger partial charge in [-0.1, -0.05) is 6.92 Å². The van der Waals surface area contributed by atoms with E-state index in [-0.39, 0.29) is 18.5 Å². The molecule has 1 N–H and O–H groups in total. The van der Waals surface area contributed by atoms with Crippen molar-refractivity contribution in [1.82, 2.24) is 4.98 Å². The first kappa shape index (κ1) is 9.88. The van der Waals surface area contributed by atoms with E-state index in [1.807, 2.05) is 12.3 Å². The summed E-state index contributed by atoms with van der Waals surface area (Å²) in [5, 5.41) is 11.9. The number of hydrogen-bond acceptors (Lipinski definition) is 3. The molecule has 0 aliphatic heterocycles. The number of aromatic nitrogens is 1. The second kappa shape index (κ2) is 4.66. The summed E-state index contributed by atoms with van der Waals surface area (Å²) in [4.78, 5) is 3.96. The van der Waals surface area contributed by atoms with Gasteiger partial charge in [0.15, 0.2) is 0 Å². The van der Waals surface area contributed by atoms with Gasteiger partial charge < -0.3 is 5.11 Å². The topological polar surface area (TPSA) is 33.1 Å². The van der Waals surface area contributed by atoms with Crippen LogP contribution in [-0.2, 0) is 0 Å². The number of aliphatic hydroxyl groups excluding tert-OH is 1. The summed E-state index contributed by atoms with van der Waals surface area (Å²) in [5.41, 5.74) is 0. The maximum Gasteiger partial charge on any atom is 0.121 e. The fourth-order valence-corrected chi connectivity index (χ4v) is 1.28. The van der Waals surface area contributed by atoms with Crippen molar-refractivity contribution < 1.29 is 5.11 Å². The first-order valence-electron chi connectivity index (χ1n) is 2.92. The van der Waals surface area contributed by atoms with Gasteiger partial charge in [-0.15, -0.1) is 23.7 Å². The summed E-state index contributed by atoms with van der Waals surface area (Å²) in [6.07, 6.45) is 2.09. The lowest BCUT2D eigenvalue weighted by atomic mass is 10.3. The van der Waals surface area contributed by atoms with Crippen LogP contribution in [0.3, 0.4) is 0 Å². The molecule has 0 fully saturated rings. The second-order valence-electron chi connectivity index (χ2n) is 1.79. The molecular formula is C6H10ClNOS. The Bertz CT molecular complexity index is 166. The smallest absolute Gasteiger partial charge is 0.121 e. The van der Waals surface area contributed by atoms with E-state index in [2.05, 4.69) is 4.98 Å². The second-order valence-corrected chi connectivity index (χ2v) is 2.72. The number of aliphatic hydroxyl groups is 1. The normalized spacial score (nSPS) is 12.2. The highest BCUT2D eigenvalue weighted by Gasteiger charge is 2.04. The summed E-state index contributed by atoms with van der Waals surface area (Å²) < 4.78 is 0. The van der Waals surface area contributed by atoms with Crippen molar-refractivity contribution in [3.63, 3.8) is 0 Å². The zero-order valence-electron chi connectivity index (χ0n) is 5.65. The molecule has 0 unspecified atom stereocenters. The lowest BCUT2D eigenvalue weighted by Crippen LogP contribution is -1.92. The molecule has 1 heterocycles. The Morgan fingerprint density at radius 3 is 2.90 bits per heavy atom. The summed E-state index contributed by atoms with van der Waals surface area (Å²) in [5.74, 6) is 0. The standard InChI is InChI=1S/C6H9NOS.ClH/c1-2-5(8)6-7-3-4-9-6;/h3-5,8H,2H2,1H3;1H/t5-;/m0./s1. The van der Waals surface area contributed by atoms with Crippen molar-refractivity contribution in [2.75, 3.05) is 0 Å². The largest absolute Gasteiger partial charge is 0.386 e. The van der Waals surface area contributed by atoms with Crippen LogP contribution in [0, 0.1) is 0 Å². The van der Waals surface area contributed by atoms with Gasteiger partial charge in [0.1, 0.15) is 11.1 Å². The van der Waals surface area contributed by atoms with E-state index in [0.29, 0.717) is 0 Å². The highest BCUT2D eigenvalue weighted by molar-refractivity contribution is 7.09. The van der Waals surface area contributed by atoms with Crippen LogP contribution in [0.15, 0.2) is 11.6 Å². The maximum atomic E-state index is 9.17. The van der Waals surface area contributed by atoms with Gasteiger partial charge in [-0.25, -0.2) is 4.98 Å². The minimum absolute atomic E-state index is 0. The van der Waals surface area contributed by atoms with E-state index in [4.69, 9.17) is 5.11 Å². The third-order valence-electron chi connectivity index (χ3n) is 1.12. The highest BCUT2D eigenvalue weighted by Crippen LogP contribution is 2.17. The molecule has 0 saturated carbocycles. The first-order valence-corrected chi connectivity index (χ1v) is 3.80. The molecule has 0 spiro atoms. The monoisotopic (exact) mass is 179 g/mol. The van der Waals surface area contributed by atoms with E-state index >= 15 is 0 Å². The van der Waals surface area contributed by atoms with E-state index in [9.17, 15) is 0 Å². The van der Waals surface area contributed by atoms with Crippen LogP contribution in [0.1, 0.15) is 24.5 Å².